The topological polar surface area (TPSA) is 106 Å². The molecular formula is C27H28N2O6. The zero-order chi connectivity index (χ0) is 25.0. The number of amides is 1. The molecule has 0 heterocycles. The van der Waals surface area contributed by atoms with Gasteiger partial charge in [-0.2, -0.15) is 5.10 Å². The minimum atomic E-state index is -1.33. The van der Waals surface area contributed by atoms with Gasteiger partial charge in [0, 0.05) is 0 Å². The van der Waals surface area contributed by atoms with Gasteiger partial charge in [0.2, 0.25) is 0 Å². The molecule has 0 aliphatic carbocycles. The van der Waals surface area contributed by atoms with Crippen LogP contribution in [0.25, 0.3) is 0 Å². The SMILES string of the molecule is CCCOc1ccc(C(=O)Oc2ccc(/C=N\NC(=O)[C@H](O)c3ccccc3)cc2OCC)cc1. The number of hydrazone groups is 1. The fraction of sp³-hybridized carbons (Fsp3) is 0.222. The Bertz CT molecular complexity index is 1150. The highest BCUT2D eigenvalue weighted by molar-refractivity contribution is 5.92. The van der Waals surface area contributed by atoms with Crippen molar-refractivity contribution >= 4 is 18.1 Å². The molecule has 0 saturated carbocycles. The summed E-state index contributed by atoms with van der Waals surface area (Å²) in [5.41, 5.74) is 3.75. The van der Waals surface area contributed by atoms with Crippen LogP contribution in [-0.2, 0) is 4.79 Å². The van der Waals surface area contributed by atoms with Crippen LogP contribution in [-0.4, -0.2) is 36.4 Å². The largest absolute Gasteiger partial charge is 0.494 e. The van der Waals surface area contributed by atoms with Gasteiger partial charge in [0.25, 0.3) is 5.91 Å². The molecule has 0 aliphatic rings. The molecule has 3 aromatic carbocycles. The molecule has 3 rings (SSSR count). The lowest BCUT2D eigenvalue weighted by Gasteiger charge is -2.12. The van der Waals surface area contributed by atoms with E-state index in [1.165, 1.54) is 6.21 Å². The number of aliphatic hydroxyl groups excluding tert-OH is 1. The predicted octanol–water partition coefficient (Wildman–Crippen LogP) is 4.28. The smallest absolute Gasteiger partial charge is 0.343 e. The lowest BCUT2D eigenvalue weighted by Crippen LogP contribution is -2.25. The number of nitrogens with zero attached hydrogens (tertiary/aromatic N) is 1. The van der Waals surface area contributed by atoms with E-state index in [2.05, 4.69) is 10.5 Å². The average molecular weight is 477 g/mol. The standard InChI is InChI=1S/C27H28N2O6/c1-3-16-34-22-13-11-21(12-14-22)27(32)35-23-15-10-19(17-24(23)33-4-2)18-28-29-26(31)25(30)20-8-6-5-7-9-20/h5-15,17-18,25,30H,3-4,16H2,1-2H3,(H,29,31)/b28-18-/t25-/m1/s1. The van der Waals surface area contributed by atoms with Crippen molar-refractivity contribution in [1.82, 2.24) is 5.43 Å². The number of esters is 1. The van der Waals surface area contributed by atoms with Crippen LogP contribution >= 0.6 is 0 Å². The van der Waals surface area contributed by atoms with Crippen LogP contribution in [0.15, 0.2) is 77.9 Å². The van der Waals surface area contributed by atoms with Crippen molar-refractivity contribution in [1.29, 1.82) is 0 Å². The summed E-state index contributed by atoms with van der Waals surface area (Å²) in [5, 5.41) is 14.0. The molecule has 0 radical (unpaired) electrons. The van der Waals surface area contributed by atoms with E-state index in [-0.39, 0.29) is 5.75 Å². The third-order valence-corrected chi connectivity index (χ3v) is 4.79. The maximum absolute atomic E-state index is 12.6. The van der Waals surface area contributed by atoms with Crippen molar-refractivity contribution in [3.63, 3.8) is 0 Å². The van der Waals surface area contributed by atoms with E-state index < -0.39 is 18.0 Å². The van der Waals surface area contributed by atoms with Crippen LogP contribution < -0.4 is 19.6 Å². The van der Waals surface area contributed by atoms with Crippen LogP contribution in [0, 0.1) is 0 Å². The van der Waals surface area contributed by atoms with Crippen molar-refractivity contribution in [3.8, 4) is 17.2 Å². The monoisotopic (exact) mass is 476 g/mol. The summed E-state index contributed by atoms with van der Waals surface area (Å²) in [5.74, 6) is 0.100. The zero-order valence-corrected chi connectivity index (χ0v) is 19.6. The quantitative estimate of drug-likeness (QED) is 0.185. The Hall–Kier alpha value is -4.17. The Balaban J connectivity index is 1.64. The number of hydrogen-bond donors (Lipinski definition) is 2. The van der Waals surface area contributed by atoms with Crippen molar-refractivity contribution in [2.45, 2.75) is 26.4 Å². The van der Waals surface area contributed by atoms with Crippen molar-refractivity contribution < 1.29 is 28.9 Å². The minimum Gasteiger partial charge on any atom is -0.494 e. The summed E-state index contributed by atoms with van der Waals surface area (Å²) in [7, 11) is 0. The Morgan fingerprint density at radius 3 is 2.40 bits per heavy atom. The fourth-order valence-corrected chi connectivity index (χ4v) is 3.04. The molecule has 182 valence electrons. The molecule has 0 aliphatic heterocycles. The Morgan fingerprint density at radius 2 is 1.71 bits per heavy atom. The molecule has 3 aromatic rings. The van der Waals surface area contributed by atoms with E-state index >= 15 is 0 Å². The van der Waals surface area contributed by atoms with E-state index in [0.29, 0.717) is 41.4 Å². The number of nitrogens with one attached hydrogen (secondary N) is 1. The molecule has 0 spiro atoms. The summed E-state index contributed by atoms with van der Waals surface area (Å²) in [6, 6.07) is 20.2. The number of benzene rings is 3. The molecule has 0 bridgehead atoms. The Kier molecular flexibility index (Phi) is 9.39. The van der Waals surface area contributed by atoms with Crippen molar-refractivity contribution in [3.05, 3.63) is 89.5 Å². The number of rotatable bonds is 11. The predicted molar refractivity (Wildman–Crippen MR) is 132 cm³/mol. The van der Waals surface area contributed by atoms with Gasteiger partial charge in [-0.3, -0.25) is 4.79 Å². The Morgan fingerprint density at radius 1 is 0.971 bits per heavy atom. The molecule has 1 atom stereocenters. The minimum absolute atomic E-state index is 0.254. The normalized spacial score (nSPS) is 11.6. The molecule has 1 amide bonds. The van der Waals surface area contributed by atoms with Crippen molar-refractivity contribution in [2.24, 2.45) is 5.10 Å². The first kappa shape index (κ1) is 25.5. The second-order valence-electron chi connectivity index (χ2n) is 7.45. The Labute approximate surface area is 204 Å². The number of hydrogen-bond acceptors (Lipinski definition) is 7. The van der Waals surface area contributed by atoms with Gasteiger partial charge in [-0.05, 0) is 66.9 Å². The van der Waals surface area contributed by atoms with Crippen LogP contribution in [0.4, 0.5) is 0 Å². The molecule has 0 fully saturated rings. The van der Waals surface area contributed by atoms with Gasteiger partial charge >= 0.3 is 5.97 Å². The van der Waals surface area contributed by atoms with Crippen LogP contribution in [0.2, 0.25) is 0 Å². The van der Waals surface area contributed by atoms with Crippen LogP contribution in [0.3, 0.4) is 0 Å². The average Bonchev–Trinajstić information content (AvgIpc) is 2.89. The molecule has 0 unspecified atom stereocenters. The summed E-state index contributed by atoms with van der Waals surface area (Å²) in [6.07, 6.45) is 0.965. The van der Waals surface area contributed by atoms with E-state index in [1.54, 1.807) is 72.8 Å². The second kappa shape index (κ2) is 12.9. The van der Waals surface area contributed by atoms with E-state index in [9.17, 15) is 14.7 Å². The molecule has 8 nitrogen and oxygen atoms in total. The van der Waals surface area contributed by atoms with Gasteiger partial charge < -0.3 is 19.3 Å². The molecule has 0 saturated heterocycles. The summed E-state index contributed by atoms with van der Waals surface area (Å²) in [6.45, 7) is 4.79. The van der Waals surface area contributed by atoms with Gasteiger partial charge in [-0.15, -0.1) is 0 Å². The maximum Gasteiger partial charge on any atom is 0.343 e. The van der Waals surface area contributed by atoms with Gasteiger partial charge in [0.1, 0.15) is 5.75 Å². The first-order valence-electron chi connectivity index (χ1n) is 11.3. The van der Waals surface area contributed by atoms with Gasteiger partial charge in [0.05, 0.1) is 25.0 Å². The molecule has 2 N–H and O–H groups in total. The first-order chi connectivity index (χ1) is 17.0. The summed E-state index contributed by atoms with van der Waals surface area (Å²) in [4.78, 5) is 24.7. The van der Waals surface area contributed by atoms with Crippen LogP contribution in [0.5, 0.6) is 17.2 Å². The first-order valence-corrected chi connectivity index (χ1v) is 11.3. The lowest BCUT2D eigenvalue weighted by molar-refractivity contribution is -0.129. The van der Waals surface area contributed by atoms with Crippen LogP contribution in [0.1, 0.15) is 47.9 Å². The third kappa shape index (κ3) is 7.41. The number of ether oxygens (including phenoxy) is 3. The number of aliphatic hydroxyl groups is 1. The van der Waals surface area contributed by atoms with E-state index in [0.717, 1.165) is 6.42 Å². The molecule has 35 heavy (non-hydrogen) atoms. The van der Waals surface area contributed by atoms with Gasteiger partial charge in [0.15, 0.2) is 17.6 Å². The molecule has 0 aromatic heterocycles. The number of carbonyl (C=O) groups is 2. The van der Waals surface area contributed by atoms with E-state index in [1.807, 2.05) is 13.8 Å². The summed E-state index contributed by atoms with van der Waals surface area (Å²) < 4.78 is 16.7. The highest BCUT2D eigenvalue weighted by atomic mass is 16.6. The van der Waals surface area contributed by atoms with Gasteiger partial charge in [-0.1, -0.05) is 37.3 Å². The second-order valence-corrected chi connectivity index (χ2v) is 7.45. The molecular weight excluding hydrogens is 448 g/mol. The van der Waals surface area contributed by atoms with Gasteiger partial charge in [-0.25, -0.2) is 10.2 Å². The van der Waals surface area contributed by atoms with Crippen molar-refractivity contribution in [2.75, 3.05) is 13.2 Å². The zero-order valence-electron chi connectivity index (χ0n) is 19.6. The summed E-state index contributed by atoms with van der Waals surface area (Å²) >= 11 is 0. The highest BCUT2D eigenvalue weighted by Gasteiger charge is 2.16. The third-order valence-electron chi connectivity index (χ3n) is 4.79. The lowest BCUT2D eigenvalue weighted by atomic mass is 10.1. The fourth-order valence-electron chi connectivity index (χ4n) is 3.04. The van der Waals surface area contributed by atoms with E-state index in [4.69, 9.17) is 14.2 Å². The highest BCUT2D eigenvalue weighted by Crippen LogP contribution is 2.29. The maximum atomic E-state index is 12.6. The molecule has 8 heteroatoms. The number of carbonyl (C=O) groups excluding carboxylic acids is 2.